The molecule has 2 aliphatic heterocycles. The van der Waals surface area contributed by atoms with Gasteiger partial charge in [0.1, 0.15) is 6.10 Å². The van der Waals surface area contributed by atoms with Gasteiger partial charge in [-0.1, -0.05) is 41.5 Å². The van der Waals surface area contributed by atoms with Gasteiger partial charge in [0.05, 0.1) is 12.2 Å². The molecular weight excluding hydrogens is 318 g/mol. The molecule has 25 heavy (non-hydrogen) atoms. The number of rotatable bonds is 1. The van der Waals surface area contributed by atoms with Crippen LogP contribution < -0.4 is 0 Å². The molecular formula is C20H37NO4. The second kappa shape index (κ2) is 8.63. The van der Waals surface area contributed by atoms with Crippen molar-refractivity contribution in [3.8, 4) is 0 Å². The molecule has 2 fully saturated rings. The highest BCUT2D eigenvalue weighted by Gasteiger charge is 2.33. The molecule has 2 aliphatic rings. The van der Waals surface area contributed by atoms with Crippen LogP contribution in [0, 0.1) is 10.8 Å². The van der Waals surface area contributed by atoms with E-state index in [1.165, 1.54) is 0 Å². The second-order valence-electron chi connectivity index (χ2n) is 9.33. The topological polar surface area (TPSA) is 55.8 Å². The van der Waals surface area contributed by atoms with E-state index in [9.17, 15) is 9.59 Å². The van der Waals surface area contributed by atoms with Crippen LogP contribution in [0.1, 0.15) is 68.2 Å². The molecule has 5 heteroatoms. The molecule has 2 saturated heterocycles. The maximum Gasteiger partial charge on any atom is 0.228 e. The van der Waals surface area contributed by atoms with E-state index in [1.807, 2.05) is 60.3 Å². The Balaban J connectivity index is 0.000000257. The first kappa shape index (κ1) is 22.1. The summed E-state index contributed by atoms with van der Waals surface area (Å²) in [5.41, 5.74) is -0.522. The molecule has 5 nitrogen and oxygen atoms in total. The van der Waals surface area contributed by atoms with Gasteiger partial charge in [-0.3, -0.25) is 9.59 Å². The molecule has 0 aliphatic carbocycles. The third-order valence-electron chi connectivity index (χ3n) is 4.31. The van der Waals surface area contributed by atoms with Crippen molar-refractivity contribution in [1.29, 1.82) is 0 Å². The number of amides is 1. The smallest absolute Gasteiger partial charge is 0.228 e. The third kappa shape index (κ3) is 7.06. The SMILES string of the molecule is CC(C)(C)C(=O)C1CCCO1.CC1CN(C(=O)C(C)(C)C)CC(C)O1. The first-order chi connectivity index (χ1) is 11.3. The average molecular weight is 356 g/mol. The molecule has 0 aromatic heterocycles. The minimum atomic E-state index is -0.281. The summed E-state index contributed by atoms with van der Waals surface area (Å²) >= 11 is 0. The number of ketones is 1. The van der Waals surface area contributed by atoms with Gasteiger partial charge in [0.25, 0.3) is 0 Å². The fraction of sp³-hybridized carbons (Fsp3) is 0.900. The molecule has 146 valence electrons. The number of morpholine rings is 1. The van der Waals surface area contributed by atoms with E-state index in [4.69, 9.17) is 9.47 Å². The largest absolute Gasteiger partial charge is 0.372 e. The summed E-state index contributed by atoms with van der Waals surface area (Å²) in [6.07, 6.45) is 2.15. The normalized spacial score (nSPS) is 27.5. The van der Waals surface area contributed by atoms with Crippen LogP contribution in [0.4, 0.5) is 0 Å². The predicted octanol–water partition coefficient (Wildman–Crippen LogP) is 3.45. The van der Waals surface area contributed by atoms with Gasteiger partial charge in [0.15, 0.2) is 5.78 Å². The van der Waals surface area contributed by atoms with E-state index in [0.29, 0.717) is 0 Å². The van der Waals surface area contributed by atoms with Gasteiger partial charge >= 0.3 is 0 Å². The van der Waals surface area contributed by atoms with Crippen molar-refractivity contribution >= 4 is 11.7 Å². The maximum absolute atomic E-state index is 12.0. The van der Waals surface area contributed by atoms with Crippen LogP contribution in [0.2, 0.25) is 0 Å². The Labute approximate surface area is 153 Å². The molecule has 0 spiro atoms. The molecule has 0 N–H and O–H groups in total. The van der Waals surface area contributed by atoms with Crippen molar-refractivity contribution < 1.29 is 19.1 Å². The van der Waals surface area contributed by atoms with Crippen LogP contribution in [-0.2, 0) is 19.1 Å². The molecule has 2 heterocycles. The molecule has 0 aromatic carbocycles. The number of carbonyl (C=O) groups excluding carboxylic acids is 2. The predicted molar refractivity (Wildman–Crippen MR) is 99.5 cm³/mol. The lowest BCUT2D eigenvalue weighted by Crippen LogP contribution is -2.51. The lowest BCUT2D eigenvalue weighted by Gasteiger charge is -2.38. The fourth-order valence-corrected chi connectivity index (χ4v) is 3.09. The molecule has 0 bridgehead atoms. The number of carbonyl (C=O) groups is 2. The summed E-state index contributed by atoms with van der Waals surface area (Å²) in [5.74, 6) is 0.467. The zero-order chi connectivity index (χ0) is 19.4. The van der Waals surface area contributed by atoms with E-state index in [0.717, 1.165) is 32.5 Å². The minimum Gasteiger partial charge on any atom is -0.372 e. The summed E-state index contributed by atoms with van der Waals surface area (Å²) in [6, 6.07) is 0. The van der Waals surface area contributed by atoms with E-state index in [-0.39, 0.29) is 40.8 Å². The zero-order valence-corrected chi connectivity index (χ0v) is 17.3. The molecule has 1 amide bonds. The lowest BCUT2D eigenvalue weighted by molar-refractivity contribution is -0.151. The van der Waals surface area contributed by atoms with Gasteiger partial charge in [-0.25, -0.2) is 0 Å². The van der Waals surface area contributed by atoms with Crippen LogP contribution in [0.3, 0.4) is 0 Å². The Hall–Kier alpha value is -0.940. The molecule has 0 aromatic rings. The van der Waals surface area contributed by atoms with Crippen molar-refractivity contribution in [1.82, 2.24) is 4.90 Å². The Morgan fingerprint density at radius 3 is 1.80 bits per heavy atom. The van der Waals surface area contributed by atoms with Gasteiger partial charge < -0.3 is 14.4 Å². The highest BCUT2D eigenvalue weighted by atomic mass is 16.5. The van der Waals surface area contributed by atoms with Gasteiger partial charge in [-0.2, -0.15) is 0 Å². The number of hydrogen-bond donors (Lipinski definition) is 0. The van der Waals surface area contributed by atoms with E-state index >= 15 is 0 Å². The first-order valence-corrected chi connectivity index (χ1v) is 9.43. The molecule has 3 atom stereocenters. The Morgan fingerprint density at radius 1 is 0.920 bits per heavy atom. The van der Waals surface area contributed by atoms with Crippen LogP contribution in [0.15, 0.2) is 0 Å². The standard InChI is InChI=1S/C11H21NO2.C9H16O2/c1-8-6-12(7-9(2)14-8)10(13)11(3,4)5;1-9(2,3)8(10)7-5-4-6-11-7/h8-9H,6-7H2,1-5H3;7H,4-6H2,1-3H3. The summed E-state index contributed by atoms with van der Waals surface area (Å²) in [4.78, 5) is 25.4. The van der Waals surface area contributed by atoms with Crippen LogP contribution >= 0.6 is 0 Å². The summed E-state index contributed by atoms with van der Waals surface area (Å²) in [7, 11) is 0. The van der Waals surface area contributed by atoms with Crippen LogP contribution in [-0.4, -0.2) is 54.6 Å². The fourth-order valence-electron chi connectivity index (χ4n) is 3.09. The first-order valence-electron chi connectivity index (χ1n) is 9.43. The van der Waals surface area contributed by atoms with E-state index < -0.39 is 0 Å². The number of Topliss-reactive ketones (excluding diaryl/α,β-unsaturated/α-hetero) is 1. The Morgan fingerprint density at radius 2 is 1.44 bits per heavy atom. The van der Waals surface area contributed by atoms with Gasteiger partial charge in [0, 0.05) is 30.5 Å². The second-order valence-corrected chi connectivity index (χ2v) is 9.33. The monoisotopic (exact) mass is 355 g/mol. The number of hydrogen-bond acceptors (Lipinski definition) is 4. The Bertz CT molecular complexity index is 445. The van der Waals surface area contributed by atoms with Crippen LogP contribution in [0.5, 0.6) is 0 Å². The summed E-state index contributed by atoms with van der Waals surface area (Å²) < 4.78 is 10.9. The highest BCUT2D eigenvalue weighted by molar-refractivity contribution is 5.88. The number of nitrogens with zero attached hydrogens (tertiary/aromatic N) is 1. The molecule has 3 unspecified atom stereocenters. The number of ether oxygens (including phenoxy) is 2. The zero-order valence-electron chi connectivity index (χ0n) is 17.3. The maximum atomic E-state index is 12.0. The van der Waals surface area contributed by atoms with E-state index in [2.05, 4.69) is 0 Å². The molecule has 0 radical (unpaired) electrons. The quantitative estimate of drug-likeness (QED) is 0.723. The van der Waals surface area contributed by atoms with Gasteiger partial charge in [-0.15, -0.1) is 0 Å². The van der Waals surface area contributed by atoms with Crippen molar-refractivity contribution in [2.24, 2.45) is 10.8 Å². The molecule has 2 rings (SSSR count). The van der Waals surface area contributed by atoms with Crippen molar-refractivity contribution in [3.63, 3.8) is 0 Å². The average Bonchev–Trinajstić information content (AvgIpc) is 2.97. The minimum absolute atomic E-state index is 0.116. The summed E-state index contributed by atoms with van der Waals surface area (Å²) in [6.45, 7) is 17.9. The van der Waals surface area contributed by atoms with Gasteiger partial charge in [0.2, 0.25) is 5.91 Å². The van der Waals surface area contributed by atoms with Crippen molar-refractivity contribution in [2.45, 2.75) is 86.5 Å². The highest BCUT2D eigenvalue weighted by Crippen LogP contribution is 2.24. The van der Waals surface area contributed by atoms with Crippen molar-refractivity contribution in [3.05, 3.63) is 0 Å². The van der Waals surface area contributed by atoms with Crippen LogP contribution in [0.25, 0.3) is 0 Å². The lowest BCUT2D eigenvalue weighted by atomic mass is 9.87. The van der Waals surface area contributed by atoms with Gasteiger partial charge in [-0.05, 0) is 26.7 Å². The summed E-state index contributed by atoms with van der Waals surface area (Å²) in [5, 5.41) is 0. The van der Waals surface area contributed by atoms with Crippen molar-refractivity contribution in [2.75, 3.05) is 19.7 Å². The Kier molecular flexibility index (Phi) is 7.63. The van der Waals surface area contributed by atoms with E-state index in [1.54, 1.807) is 0 Å². The third-order valence-corrected chi connectivity index (χ3v) is 4.31. The molecule has 0 saturated carbocycles.